The third kappa shape index (κ3) is 2.77. The van der Waals surface area contributed by atoms with E-state index in [1.54, 1.807) is 0 Å². The van der Waals surface area contributed by atoms with Crippen LogP contribution in [0.15, 0.2) is 60.7 Å². The lowest BCUT2D eigenvalue weighted by atomic mass is 10.2. The van der Waals surface area contributed by atoms with E-state index in [0.29, 0.717) is 11.5 Å². The minimum Gasteiger partial charge on any atom is -0.269 e. The highest BCUT2D eigenvalue weighted by Gasteiger charge is 2.45. The molecule has 0 radical (unpaired) electrons. The molecule has 112 valence electrons. The number of amides is 2. The van der Waals surface area contributed by atoms with Crippen LogP contribution >= 0.6 is 21.6 Å². The van der Waals surface area contributed by atoms with Crippen LogP contribution in [-0.4, -0.2) is 23.3 Å². The predicted molar refractivity (Wildman–Crippen MR) is 92.4 cm³/mol. The molecular weight excluding hydrogens is 316 g/mol. The van der Waals surface area contributed by atoms with Crippen LogP contribution in [0.1, 0.15) is 0 Å². The highest BCUT2D eigenvalue weighted by atomic mass is 33.1. The topological polar surface area (TPSA) is 46.2 Å². The van der Waals surface area contributed by atoms with E-state index in [-0.39, 0.29) is 16.4 Å². The largest absolute Gasteiger partial charge is 0.359 e. The third-order valence-electron chi connectivity index (χ3n) is 3.41. The molecule has 1 aliphatic rings. The van der Waals surface area contributed by atoms with Gasteiger partial charge in [-0.3, -0.25) is 4.79 Å². The average Bonchev–Trinajstić information content (AvgIpc) is 2.56. The van der Waals surface area contributed by atoms with Crippen molar-refractivity contribution in [3.63, 3.8) is 0 Å². The molecule has 3 rings (SSSR count). The summed E-state index contributed by atoms with van der Waals surface area (Å²) in [6.45, 7) is 0. The van der Waals surface area contributed by atoms with Crippen molar-refractivity contribution in [3.8, 4) is 0 Å². The quantitative estimate of drug-likeness (QED) is 0.678. The molecule has 0 atom stereocenters. The van der Waals surface area contributed by atoms with Gasteiger partial charge in [-0.25, -0.2) is 4.79 Å². The second-order valence-electron chi connectivity index (χ2n) is 4.80. The molecule has 0 unspecified atom stereocenters. The molecule has 4 nitrogen and oxygen atoms in total. The molecule has 1 saturated heterocycles. The Kier molecular flexibility index (Phi) is 4.52. The first-order chi connectivity index (χ1) is 10.7. The van der Waals surface area contributed by atoms with E-state index in [2.05, 4.69) is 5.43 Å². The molecule has 0 aliphatic carbocycles. The van der Waals surface area contributed by atoms with Gasteiger partial charge in [0.15, 0.2) is 11.4 Å². The summed E-state index contributed by atoms with van der Waals surface area (Å²) >= 11 is 0. The van der Waals surface area contributed by atoms with E-state index in [1.165, 1.54) is 21.6 Å². The molecule has 0 aromatic heterocycles. The maximum Gasteiger partial charge on any atom is 0.359 e. The van der Waals surface area contributed by atoms with Crippen molar-refractivity contribution in [2.75, 3.05) is 11.5 Å². The number of quaternary nitrogens is 1. The maximum atomic E-state index is 13.0. The Morgan fingerprint density at radius 2 is 1.27 bits per heavy atom. The molecule has 1 heterocycles. The molecular formula is C16H15N2O2S2+. The van der Waals surface area contributed by atoms with E-state index < -0.39 is 0 Å². The Labute approximate surface area is 136 Å². The molecule has 2 aromatic carbocycles. The van der Waals surface area contributed by atoms with Gasteiger partial charge in [0, 0.05) is 24.3 Å². The normalized spacial score (nSPS) is 18.2. The van der Waals surface area contributed by atoms with Gasteiger partial charge in [0.2, 0.25) is 0 Å². The average molecular weight is 331 g/mol. The van der Waals surface area contributed by atoms with Crippen LogP contribution in [0.4, 0.5) is 11.4 Å². The lowest BCUT2D eigenvalue weighted by Crippen LogP contribution is -2.63. The summed E-state index contributed by atoms with van der Waals surface area (Å²) in [6, 6.07) is 18.7. The number of rotatable bonds is 2. The van der Waals surface area contributed by atoms with E-state index in [0.717, 1.165) is 11.4 Å². The van der Waals surface area contributed by atoms with Gasteiger partial charge in [0.25, 0.3) is 5.91 Å². The third-order valence-corrected chi connectivity index (χ3v) is 5.53. The van der Waals surface area contributed by atoms with Crippen LogP contribution in [0, 0.1) is 0 Å². The van der Waals surface area contributed by atoms with Crippen molar-refractivity contribution < 1.29 is 9.59 Å². The van der Waals surface area contributed by atoms with Crippen LogP contribution in [0.3, 0.4) is 0 Å². The van der Waals surface area contributed by atoms with Crippen LogP contribution < -0.4 is 10.0 Å². The monoisotopic (exact) mass is 331 g/mol. The molecule has 2 aromatic rings. The van der Waals surface area contributed by atoms with Gasteiger partial charge < -0.3 is 0 Å². The minimum atomic E-state index is -0.270. The zero-order chi connectivity index (χ0) is 15.4. The summed E-state index contributed by atoms with van der Waals surface area (Å²) in [5, 5.41) is 0. The lowest BCUT2D eigenvalue weighted by molar-refractivity contribution is -0.134. The molecule has 1 aliphatic heterocycles. The first-order valence-corrected chi connectivity index (χ1v) is 9.31. The fourth-order valence-corrected chi connectivity index (χ4v) is 4.19. The highest BCUT2D eigenvalue weighted by molar-refractivity contribution is 8.77. The molecule has 0 saturated carbocycles. The Morgan fingerprint density at radius 1 is 0.773 bits per heavy atom. The molecule has 1 N–H and O–H groups in total. The summed E-state index contributed by atoms with van der Waals surface area (Å²) in [5.74, 6) is 0.438. The molecule has 0 bridgehead atoms. The van der Waals surface area contributed by atoms with Crippen molar-refractivity contribution in [1.29, 1.82) is 0 Å². The SMILES string of the molecule is O=C1CSSCC(=O)[N+](c2ccccc2)(c2ccccc2)N1. The first-order valence-electron chi connectivity index (χ1n) is 6.83. The summed E-state index contributed by atoms with van der Waals surface area (Å²) < 4.78 is -0.270. The lowest BCUT2D eigenvalue weighted by Gasteiger charge is -2.34. The fourth-order valence-electron chi connectivity index (χ4n) is 2.44. The van der Waals surface area contributed by atoms with Gasteiger partial charge in [-0.1, -0.05) is 62.6 Å². The number of hydrogen-bond acceptors (Lipinski definition) is 4. The maximum absolute atomic E-state index is 13.0. The molecule has 22 heavy (non-hydrogen) atoms. The van der Waals surface area contributed by atoms with E-state index in [1.807, 2.05) is 60.7 Å². The predicted octanol–water partition coefficient (Wildman–Crippen LogP) is 3.28. The fraction of sp³-hybridized carbons (Fsp3) is 0.125. The standard InChI is InChI=1S/C16H14N2O2S2/c19-15-11-21-22-12-16(20)18(17-15,13-7-3-1-4-8-13)14-9-5-2-6-10-14/h1-10H,11-12H2/p+1. The molecule has 6 heteroatoms. The minimum absolute atomic E-state index is 0.0667. The van der Waals surface area contributed by atoms with Crippen molar-refractivity contribution in [2.45, 2.75) is 0 Å². The van der Waals surface area contributed by atoms with Gasteiger partial charge in [0.1, 0.15) is 5.75 Å². The second-order valence-corrected chi connectivity index (χ2v) is 7.26. The van der Waals surface area contributed by atoms with Crippen molar-refractivity contribution in [1.82, 2.24) is 10.0 Å². The summed E-state index contributed by atoms with van der Waals surface area (Å²) in [5.41, 5.74) is 4.40. The molecule has 2 amide bonds. The van der Waals surface area contributed by atoms with Crippen molar-refractivity contribution in [3.05, 3.63) is 60.7 Å². The Balaban J connectivity index is 2.21. The second kappa shape index (κ2) is 6.56. The van der Waals surface area contributed by atoms with E-state index in [9.17, 15) is 9.59 Å². The summed E-state index contributed by atoms with van der Waals surface area (Å²) in [4.78, 5) is 25.2. The number of para-hydroxylation sites is 2. The first kappa shape index (κ1) is 15.1. The van der Waals surface area contributed by atoms with E-state index >= 15 is 0 Å². The number of carbonyl (C=O) groups excluding carboxylic acids is 2. The highest BCUT2D eigenvalue weighted by Crippen LogP contribution is 2.36. The van der Waals surface area contributed by atoms with Gasteiger partial charge in [0.05, 0.1) is 5.75 Å². The van der Waals surface area contributed by atoms with Crippen molar-refractivity contribution >= 4 is 44.8 Å². The zero-order valence-corrected chi connectivity index (χ0v) is 13.4. The number of benzene rings is 2. The number of nitrogens with zero attached hydrogens (tertiary/aromatic N) is 1. The number of carbonyl (C=O) groups is 2. The van der Waals surface area contributed by atoms with Crippen LogP contribution in [0.5, 0.6) is 0 Å². The van der Waals surface area contributed by atoms with Gasteiger partial charge in [-0.15, -0.1) is 0 Å². The number of hydrogen-bond donors (Lipinski definition) is 1. The summed E-state index contributed by atoms with van der Waals surface area (Å²) in [7, 11) is 2.83. The number of nitrogens with one attached hydrogen (secondary N) is 1. The van der Waals surface area contributed by atoms with Crippen LogP contribution in [-0.2, 0) is 9.59 Å². The van der Waals surface area contributed by atoms with Gasteiger partial charge in [-0.05, 0) is 0 Å². The molecule has 0 spiro atoms. The smallest absolute Gasteiger partial charge is 0.269 e. The van der Waals surface area contributed by atoms with Gasteiger partial charge in [-0.2, -0.15) is 5.43 Å². The Morgan fingerprint density at radius 3 is 1.82 bits per heavy atom. The molecule has 1 fully saturated rings. The Bertz CT molecular complexity index is 638. The van der Waals surface area contributed by atoms with Gasteiger partial charge >= 0.3 is 5.91 Å². The Hall–Kier alpha value is -1.76. The van der Waals surface area contributed by atoms with Crippen molar-refractivity contribution in [2.24, 2.45) is 0 Å². The van der Waals surface area contributed by atoms with Crippen LogP contribution in [0.2, 0.25) is 0 Å². The summed E-state index contributed by atoms with van der Waals surface area (Å²) in [6.07, 6.45) is 0. The van der Waals surface area contributed by atoms with Crippen LogP contribution in [0.25, 0.3) is 0 Å². The van der Waals surface area contributed by atoms with E-state index in [4.69, 9.17) is 0 Å². The zero-order valence-electron chi connectivity index (χ0n) is 11.8.